The number of aliphatic hydroxyl groups is 1. The van der Waals surface area contributed by atoms with E-state index in [4.69, 9.17) is 5.11 Å². The van der Waals surface area contributed by atoms with Gasteiger partial charge in [-0.2, -0.15) is 0 Å². The van der Waals surface area contributed by atoms with Crippen molar-refractivity contribution >= 4 is 5.91 Å². The maximum atomic E-state index is 12.0. The van der Waals surface area contributed by atoms with E-state index in [0.717, 1.165) is 31.6 Å². The van der Waals surface area contributed by atoms with Gasteiger partial charge in [-0.1, -0.05) is 25.7 Å². The number of amides is 1. The fourth-order valence-corrected chi connectivity index (χ4v) is 2.02. The number of nitrogens with one attached hydrogen (secondary N) is 1. The van der Waals surface area contributed by atoms with Gasteiger partial charge in [-0.05, 0) is 43.8 Å². The Labute approximate surface area is 127 Å². The van der Waals surface area contributed by atoms with E-state index in [1.165, 1.54) is 0 Å². The summed E-state index contributed by atoms with van der Waals surface area (Å²) in [7, 11) is 0. The minimum atomic E-state index is -0.159. The molecule has 1 rings (SSSR count). The quantitative estimate of drug-likeness (QED) is 0.748. The zero-order valence-corrected chi connectivity index (χ0v) is 12.9. The molecule has 0 spiro atoms. The van der Waals surface area contributed by atoms with E-state index in [1.807, 2.05) is 0 Å². The Kier molecular flexibility index (Phi) is 8.18. The van der Waals surface area contributed by atoms with Crippen LogP contribution in [0.5, 0.6) is 0 Å². The summed E-state index contributed by atoms with van der Waals surface area (Å²) >= 11 is 0. The molecule has 21 heavy (non-hydrogen) atoms. The Bertz CT molecular complexity index is 486. The minimum absolute atomic E-state index is 0.0655. The van der Waals surface area contributed by atoms with Crippen molar-refractivity contribution in [2.24, 2.45) is 0 Å². The molecule has 0 atom stereocenters. The van der Waals surface area contributed by atoms with Crippen LogP contribution in [0.1, 0.15) is 36.2 Å². The molecule has 2 N–H and O–H groups in total. The number of likely N-dealkylation sites (N-methyl/N-ethyl adjacent to an activating group) is 1. The first-order valence-electron chi connectivity index (χ1n) is 7.41. The molecule has 0 bridgehead atoms. The summed E-state index contributed by atoms with van der Waals surface area (Å²) in [5, 5.41) is 11.6. The van der Waals surface area contributed by atoms with Crippen molar-refractivity contribution < 1.29 is 9.90 Å². The summed E-state index contributed by atoms with van der Waals surface area (Å²) in [6, 6.07) is 7.07. The SMILES string of the molecule is CCCN(CC)CCNC(=O)c1ccc(C#CCO)cc1. The molecule has 0 aliphatic heterocycles. The van der Waals surface area contributed by atoms with Crippen molar-refractivity contribution in [2.45, 2.75) is 20.3 Å². The van der Waals surface area contributed by atoms with Crippen LogP contribution >= 0.6 is 0 Å². The van der Waals surface area contributed by atoms with E-state index >= 15 is 0 Å². The van der Waals surface area contributed by atoms with Gasteiger partial charge in [0.15, 0.2) is 0 Å². The van der Waals surface area contributed by atoms with Gasteiger partial charge in [-0.15, -0.1) is 0 Å². The first-order chi connectivity index (χ1) is 10.2. The van der Waals surface area contributed by atoms with Gasteiger partial charge in [0.05, 0.1) is 0 Å². The molecule has 0 saturated heterocycles. The molecule has 114 valence electrons. The Hall–Kier alpha value is -1.83. The largest absolute Gasteiger partial charge is 0.384 e. The number of hydrogen-bond acceptors (Lipinski definition) is 3. The third-order valence-corrected chi connectivity index (χ3v) is 3.16. The average Bonchev–Trinajstić information content (AvgIpc) is 2.52. The van der Waals surface area contributed by atoms with Gasteiger partial charge in [0.2, 0.25) is 0 Å². The second-order valence-corrected chi connectivity index (χ2v) is 4.73. The molecule has 0 heterocycles. The third kappa shape index (κ3) is 6.44. The number of carbonyl (C=O) groups excluding carboxylic acids is 1. The summed E-state index contributed by atoms with van der Waals surface area (Å²) in [4.78, 5) is 14.3. The van der Waals surface area contributed by atoms with E-state index in [0.29, 0.717) is 12.1 Å². The molecule has 0 unspecified atom stereocenters. The van der Waals surface area contributed by atoms with Gasteiger partial charge in [0.1, 0.15) is 6.61 Å². The van der Waals surface area contributed by atoms with E-state index in [-0.39, 0.29) is 12.5 Å². The fourth-order valence-electron chi connectivity index (χ4n) is 2.02. The van der Waals surface area contributed by atoms with Crippen molar-refractivity contribution in [3.05, 3.63) is 35.4 Å². The molecule has 1 aromatic carbocycles. The number of benzene rings is 1. The standard InChI is InChI=1S/C17H24N2O2/c1-3-12-19(4-2)13-11-18-17(21)16-9-7-15(8-10-16)6-5-14-20/h7-10,20H,3-4,11-14H2,1-2H3,(H,18,21). The molecule has 1 aromatic rings. The zero-order valence-electron chi connectivity index (χ0n) is 12.9. The van der Waals surface area contributed by atoms with Crippen LogP contribution in [0.25, 0.3) is 0 Å². The molecule has 0 radical (unpaired) electrons. The van der Waals surface area contributed by atoms with Crippen molar-refractivity contribution in [1.82, 2.24) is 10.2 Å². The molecule has 4 heteroatoms. The fraction of sp³-hybridized carbons (Fsp3) is 0.471. The average molecular weight is 288 g/mol. The number of rotatable bonds is 7. The lowest BCUT2D eigenvalue weighted by atomic mass is 10.1. The number of hydrogen-bond donors (Lipinski definition) is 2. The van der Waals surface area contributed by atoms with Crippen LogP contribution in [-0.2, 0) is 0 Å². The van der Waals surface area contributed by atoms with Crippen LogP contribution in [0.15, 0.2) is 24.3 Å². The Morgan fingerprint density at radius 3 is 2.52 bits per heavy atom. The van der Waals surface area contributed by atoms with Crippen LogP contribution in [0, 0.1) is 11.8 Å². The Balaban J connectivity index is 2.45. The number of nitrogens with zero attached hydrogens (tertiary/aromatic N) is 1. The van der Waals surface area contributed by atoms with Crippen LogP contribution in [0.4, 0.5) is 0 Å². The smallest absolute Gasteiger partial charge is 0.251 e. The van der Waals surface area contributed by atoms with Gasteiger partial charge in [0.25, 0.3) is 5.91 Å². The predicted octanol–water partition coefficient (Wildman–Crippen LogP) is 1.49. The van der Waals surface area contributed by atoms with Crippen LogP contribution in [0.2, 0.25) is 0 Å². The summed E-state index contributed by atoms with van der Waals surface area (Å²) in [5.74, 6) is 5.31. The summed E-state index contributed by atoms with van der Waals surface area (Å²) in [5.41, 5.74) is 1.42. The van der Waals surface area contributed by atoms with Gasteiger partial charge < -0.3 is 15.3 Å². The lowest BCUT2D eigenvalue weighted by Crippen LogP contribution is -2.35. The van der Waals surface area contributed by atoms with Crippen molar-refractivity contribution in [3.63, 3.8) is 0 Å². The molecule has 4 nitrogen and oxygen atoms in total. The maximum absolute atomic E-state index is 12.0. The Morgan fingerprint density at radius 1 is 1.24 bits per heavy atom. The first-order valence-corrected chi connectivity index (χ1v) is 7.41. The second kappa shape index (κ2) is 9.98. The van der Waals surface area contributed by atoms with Crippen LogP contribution in [0.3, 0.4) is 0 Å². The highest BCUT2D eigenvalue weighted by molar-refractivity contribution is 5.94. The summed E-state index contributed by atoms with van der Waals surface area (Å²) in [6.07, 6.45) is 1.12. The molecule has 0 aliphatic carbocycles. The number of carbonyl (C=O) groups is 1. The first kappa shape index (κ1) is 17.2. The maximum Gasteiger partial charge on any atom is 0.251 e. The van der Waals surface area contributed by atoms with E-state index in [9.17, 15) is 4.79 Å². The van der Waals surface area contributed by atoms with Gasteiger partial charge in [-0.25, -0.2) is 0 Å². The monoisotopic (exact) mass is 288 g/mol. The van der Waals surface area contributed by atoms with Crippen LogP contribution < -0.4 is 5.32 Å². The van der Waals surface area contributed by atoms with E-state index in [2.05, 4.69) is 35.9 Å². The third-order valence-electron chi connectivity index (χ3n) is 3.16. The Morgan fingerprint density at radius 2 is 1.95 bits per heavy atom. The zero-order chi connectivity index (χ0) is 15.5. The summed E-state index contributed by atoms with van der Waals surface area (Å²) in [6.45, 7) is 7.71. The molecule has 0 fully saturated rings. The normalized spacial score (nSPS) is 10.1. The van der Waals surface area contributed by atoms with E-state index in [1.54, 1.807) is 24.3 Å². The topological polar surface area (TPSA) is 52.6 Å². The molecule has 1 amide bonds. The molecular weight excluding hydrogens is 264 g/mol. The predicted molar refractivity (Wildman–Crippen MR) is 85.1 cm³/mol. The lowest BCUT2D eigenvalue weighted by molar-refractivity contribution is 0.0948. The van der Waals surface area contributed by atoms with Gasteiger partial charge in [0, 0.05) is 24.2 Å². The highest BCUT2D eigenvalue weighted by atomic mass is 16.2. The minimum Gasteiger partial charge on any atom is -0.384 e. The highest BCUT2D eigenvalue weighted by Crippen LogP contribution is 2.03. The molecule has 0 aromatic heterocycles. The highest BCUT2D eigenvalue weighted by Gasteiger charge is 2.06. The summed E-state index contributed by atoms with van der Waals surface area (Å²) < 4.78 is 0. The molecule has 0 saturated carbocycles. The lowest BCUT2D eigenvalue weighted by Gasteiger charge is -2.19. The second-order valence-electron chi connectivity index (χ2n) is 4.73. The van der Waals surface area contributed by atoms with Gasteiger partial charge >= 0.3 is 0 Å². The van der Waals surface area contributed by atoms with E-state index < -0.39 is 0 Å². The van der Waals surface area contributed by atoms with Gasteiger partial charge in [-0.3, -0.25) is 4.79 Å². The number of aliphatic hydroxyl groups excluding tert-OH is 1. The molecule has 0 aliphatic rings. The van der Waals surface area contributed by atoms with Crippen LogP contribution in [-0.4, -0.2) is 48.7 Å². The molecular formula is C17H24N2O2. The van der Waals surface area contributed by atoms with Crippen molar-refractivity contribution in [3.8, 4) is 11.8 Å². The van der Waals surface area contributed by atoms with Crippen molar-refractivity contribution in [1.29, 1.82) is 0 Å². The van der Waals surface area contributed by atoms with Crippen molar-refractivity contribution in [2.75, 3.05) is 32.8 Å².